The Balaban J connectivity index is 1.74. The first kappa shape index (κ1) is 21.3. The van der Waals surface area contributed by atoms with E-state index in [0.717, 1.165) is 11.1 Å². The molecule has 32 heavy (non-hydrogen) atoms. The van der Waals surface area contributed by atoms with Gasteiger partial charge in [0.25, 0.3) is 5.56 Å². The number of benzene rings is 2. The third-order valence-electron chi connectivity index (χ3n) is 5.31. The summed E-state index contributed by atoms with van der Waals surface area (Å²) in [6, 6.07) is 14.7. The number of ether oxygens (including phenoxy) is 2. The van der Waals surface area contributed by atoms with Crippen molar-refractivity contribution in [1.29, 1.82) is 0 Å². The fraction of sp³-hybridized carbons (Fsp3) is 0.208. The third kappa shape index (κ3) is 4.12. The van der Waals surface area contributed by atoms with Crippen molar-refractivity contribution < 1.29 is 13.9 Å². The predicted molar refractivity (Wildman–Crippen MR) is 119 cm³/mol. The fourth-order valence-corrected chi connectivity index (χ4v) is 3.64. The normalized spacial score (nSPS) is 11.0. The highest BCUT2D eigenvalue weighted by Crippen LogP contribution is 2.27. The molecule has 0 aliphatic carbocycles. The monoisotopic (exact) mass is 435 g/mol. The number of methoxy groups -OCH3 is 2. The molecule has 0 fully saturated rings. The van der Waals surface area contributed by atoms with Crippen LogP contribution >= 0.6 is 0 Å². The SMILES string of the molecule is COc1ccc(CCn2c(=O)c3ncccc3n(Cc3ccc(F)cc3)c2=O)cc1OC. The molecule has 2 aromatic heterocycles. The molecule has 0 atom stereocenters. The van der Waals surface area contributed by atoms with Gasteiger partial charge < -0.3 is 9.47 Å². The molecule has 4 rings (SSSR count). The number of aryl methyl sites for hydroxylation is 1. The molecule has 0 unspecified atom stereocenters. The van der Waals surface area contributed by atoms with E-state index in [1.165, 1.54) is 27.5 Å². The van der Waals surface area contributed by atoms with Crippen LogP contribution in [0, 0.1) is 5.82 Å². The van der Waals surface area contributed by atoms with Gasteiger partial charge >= 0.3 is 5.69 Å². The van der Waals surface area contributed by atoms with Crippen LogP contribution in [0.5, 0.6) is 11.5 Å². The molecule has 0 spiro atoms. The maximum atomic E-state index is 13.3. The Morgan fingerprint density at radius 2 is 1.62 bits per heavy atom. The molecule has 2 aromatic carbocycles. The van der Waals surface area contributed by atoms with Crippen molar-refractivity contribution in [2.45, 2.75) is 19.5 Å². The average molecular weight is 435 g/mol. The van der Waals surface area contributed by atoms with Gasteiger partial charge in [0, 0.05) is 12.7 Å². The van der Waals surface area contributed by atoms with Crippen LogP contribution in [0.25, 0.3) is 11.0 Å². The maximum Gasteiger partial charge on any atom is 0.331 e. The lowest BCUT2D eigenvalue weighted by atomic mass is 10.1. The second kappa shape index (κ2) is 9.05. The molecule has 164 valence electrons. The fourth-order valence-electron chi connectivity index (χ4n) is 3.64. The van der Waals surface area contributed by atoms with E-state index in [4.69, 9.17) is 9.47 Å². The quantitative estimate of drug-likeness (QED) is 0.446. The summed E-state index contributed by atoms with van der Waals surface area (Å²) in [6.45, 7) is 0.362. The minimum Gasteiger partial charge on any atom is -0.493 e. The zero-order chi connectivity index (χ0) is 22.7. The Bertz CT molecular complexity index is 1380. The van der Waals surface area contributed by atoms with Gasteiger partial charge in [0.2, 0.25) is 0 Å². The summed E-state index contributed by atoms with van der Waals surface area (Å²) in [6.07, 6.45) is 1.96. The van der Waals surface area contributed by atoms with Gasteiger partial charge in [0.05, 0.1) is 26.3 Å². The van der Waals surface area contributed by atoms with Crippen molar-refractivity contribution in [2.24, 2.45) is 0 Å². The Hall–Kier alpha value is -3.94. The molecule has 0 N–H and O–H groups in total. The lowest BCUT2D eigenvalue weighted by molar-refractivity contribution is 0.354. The van der Waals surface area contributed by atoms with Crippen molar-refractivity contribution in [3.8, 4) is 11.5 Å². The van der Waals surface area contributed by atoms with Crippen LogP contribution in [0.3, 0.4) is 0 Å². The smallest absolute Gasteiger partial charge is 0.331 e. The number of rotatable bonds is 7. The van der Waals surface area contributed by atoms with Crippen molar-refractivity contribution in [3.05, 3.63) is 98.6 Å². The van der Waals surface area contributed by atoms with Crippen LogP contribution in [0.1, 0.15) is 11.1 Å². The van der Waals surface area contributed by atoms with E-state index in [1.807, 2.05) is 12.1 Å². The Kier molecular flexibility index (Phi) is 6.02. The summed E-state index contributed by atoms with van der Waals surface area (Å²) >= 11 is 0. The first-order valence-electron chi connectivity index (χ1n) is 10.1. The molecular weight excluding hydrogens is 413 g/mol. The predicted octanol–water partition coefficient (Wildman–Crippen LogP) is 3.01. The van der Waals surface area contributed by atoms with Crippen LogP contribution in [-0.2, 0) is 19.5 Å². The van der Waals surface area contributed by atoms with E-state index < -0.39 is 11.2 Å². The summed E-state index contributed by atoms with van der Waals surface area (Å²) < 4.78 is 26.6. The van der Waals surface area contributed by atoms with Gasteiger partial charge in [-0.15, -0.1) is 0 Å². The van der Waals surface area contributed by atoms with E-state index in [2.05, 4.69) is 4.98 Å². The largest absolute Gasteiger partial charge is 0.493 e. The second-order valence-electron chi connectivity index (χ2n) is 7.26. The second-order valence-corrected chi connectivity index (χ2v) is 7.26. The van der Waals surface area contributed by atoms with E-state index >= 15 is 0 Å². The van der Waals surface area contributed by atoms with Gasteiger partial charge in [0.15, 0.2) is 17.0 Å². The number of fused-ring (bicyclic) bond motifs is 1. The molecule has 0 saturated heterocycles. The molecule has 8 heteroatoms. The molecule has 2 heterocycles. The van der Waals surface area contributed by atoms with Gasteiger partial charge in [-0.2, -0.15) is 0 Å². The zero-order valence-corrected chi connectivity index (χ0v) is 17.7. The van der Waals surface area contributed by atoms with Crippen LogP contribution in [0.4, 0.5) is 4.39 Å². The Labute approximate surface area is 183 Å². The minimum atomic E-state index is -0.444. The molecule has 0 saturated carbocycles. The van der Waals surface area contributed by atoms with Gasteiger partial charge in [-0.25, -0.2) is 14.2 Å². The molecule has 4 aromatic rings. The first-order valence-corrected chi connectivity index (χ1v) is 10.1. The van der Waals surface area contributed by atoms with Gasteiger partial charge in [0.1, 0.15) is 5.82 Å². The van der Waals surface area contributed by atoms with Crippen molar-refractivity contribution >= 4 is 11.0 Å². The van der Waals surface area contributed by atoms with Gasteiger partial charge in [-0.1, -0.05) is 18.2 Å². The number of hydrogen-bond acceptors (Lipinski definition) is 5. The highest BCUT2D eigenvalue weighted by Gasteiger charge is 2.15. The van der Waals surface area contributed by atoms with Crippen molar-refractivity contribution in [2.75, 3.05) is 14.2 Å². The minimum absolute atomic E-state index is 0.170. The lowest BCUT2D eigenvalue weighted by Crippen LogP contribution is -2.41. The van der Waals surface area contributed by atoms with Crippen LogP contribution < -0.4 is 20.7 Å². The topological polar surface area (TPSA) is 75.4 Å². The summed E-state index contributed by atoms with van der Waals surface area (Å²) in [5.41, 5.74) is 1.39. The van der Waals surface area contributed by atoms with Crippen molar-refractivity contribution in [1.82, 2.24) is 14.1 Å². The lowest BCUT2D eigenvalue weighted by Gasteiger charge is -2.14. The summed E-state index contributed by atoms with van der Waals surface area (Å²) in [7, 11) is 3.11. The number of nitrogens with zero attached hydrogens (tertiary/aromatic N) is 3. The average Bonchev–Trinajstić information content (AvgIpc) is 2.82. The van der Waals surface area contributed by atoms with E-state index in [0.29, 0.717) is 23.4 Å². The number of aromatic nitrogens is 3. The number of halogens is 1. The molecule has 0 aliphatic rings. The molecular formula is C24H22FN3O4. The third-order valence-corrected chi connectivity index (χ3v) is 5.31. The summed E-state index contributed by atoms with van der Waals surface area (Å²) in [5.74, 6) is 0.823. The number of hydrogen-bond donors (Lipinski definition) is 0. The van der Waals surface area contributed by atoms with E-state index in [9.17, 15) is 14.0 Å². The standard InChI is InChI=1S/C24H22FN3O4/c1-31-20-10-7-16(14-21(20)32-2)11-13-27-23(29)22-19(4-3-12-26-22)28(24(27)30)15-17-5-8-18(25)9-6-17/h3-10,12,14H,11,13,15H2,1-2H3. The molecule has 7 nitrogen and oxygen atoms in total. The maximum absolute atomic E-state index is 13.3. The number of pyridine rings is 1. The van der Waals surface area contributed by atoms with E-state index in [1.54, 1.807) is 44.6 Å². The summed E-state index contributed by atoms with van der Waals surface area (Å²) in [5, 5.41) is 0. The van der Waals surface area contributed by atoms with Crippen molar-refractivity contribution in [3.63, 3.8) is 0 Å². The van der Waals surface area contributed by atoms with Crippen LogP contribution in [0.2, 0.25) is 0 Å². The van der Waals surface area contributed by atoms with Gasteiger partial charge in [-0.05, 0) is 53.9 Å². The van der Waals surface area contributed by atoms with Gasteiger partial charge in [-0.3, -0.25) is 13.9 Å². The summed E-state index contributed by atoms with van der Waals surface area (Å²) in [4.78, 5) is 30.5. The van der Waals surface area contributed by atoms with Crippen LogP contribution in [-0.4, -0.2) is 28.3 Å². The molecule has 0 amide bonds. The highest BCUT2D eigenvalue weighted by atomic mass is 19.1. The zero-order valence-electron chi connectivity index (χ0n) is 17.7. The highest BCUT2D eigenvalue weighted by molar-refractivity contribution is 5.73. The first-order chi connectivity index (χ1) is 15.5. The molecule has 0 radical (unpaired) electrons. The Morgan fingerprint density at radius 1 is 0.906 bits per heavy atom. The molecule has 0 bridgehead atoms. The van der Waals surface area contributed by atoms with Crippen LogP contribution in [0.15, 0.2) is 70.4 Å². The Morgan fingerprint density at radius 3 is 2.34 bits per heavy atom. The molecule has 0 aliphatic heterocycles. The van der Waals surface area contributed by atoms with E-state index in [-0.39, 0.29) is 24.4 Å².